The number of rotatable bonds is 5. The van der Waals surface area contributed by atoms with Crippen LogP contribution in [0.5, 0.6) is 0 Å². The second-order valence-corrected chi connectivity index (χ2v) is 6.69. The Bertz CT molecular complexity index is 315. The van der Waals surface area contributed by atoms with Crippen LogP contribution in [0.25, 0.3) is 0 Å². The predicted octanol–water partition coefficient (Wildman–Crippen LogP) is 2.96. The van der Waals surface area contributed by atoms with Crippen LogP contribution in [0.2, 0.25) is 0 Å². The van der Waals surface area contributed by atoms with Crippen molar-refractivity contribution in [3.63, 3.8) is 0 Å². The van der Waals surface area contributed by atoms with E-state index in [0.29, 0.717) is 12.8 Å². The molecule has 0 aromatic carbocycles. The molecule has 1 heterocycles. The van der Waals surface area contributed by atoms with Gasteiger partial charge in [-0.3, -0.25) is 13.8 Å². The van der Waals surface area contributed by atoms with Crippen LogP contribution in [0.1, 0.15) is 47.5 Å². The molecule has 1 amide bonds. The summed E-state index contributed by atoms with van der Waals surface area (Å²) >= 11 is 0. The maximum Gasteiger partial charge on any atom is 0.438 e. The molecule has 1 rings (SSSR count). The molecule has 5 nitrogen and oxygen atoms in total. The fourth-order valence-electron chi connectivity index (χ4n) is 1.85. The smallest absolute Gasteiger partial charge is 0.289 e. The van der Waals surface area contributed by atoms with Gasteiger partial charge in [0.2, 0.25) is 5.91 Å². The molecule has 1 aliphatic rings. The van der Waals surface area contributed by atoms with Crippen molar-refractivity contribution in [3.8, 4) is 0 Å². The average molecular weight is 263 g/mol. The number of hydrogen-bond acceptors (Lipinski definition) is 4. The summed E-state index contributed by atoms with van der Waals surface area (Å²) in [6.07, 6.45) is 0.611. The molecule has 0 saturated carbocycles. The number of amides is 1. The molecular formula is C11H22NO4P. The van der Waals surface area contributed by atoms with Crippen LogP contribution in [0.3, 0.4) is 0 Å². The Morgan fingerprint density at radius 3 is 2.00 bits per heavy atom. The first kappa shape index (κ1) is 14.7. The minimum atomic E-state index is -3.51. The molecule has 1 fully saturated rings. The molecule has 1 saturated heterocycles. The fraction of sp³-hybridized carbons (Fsp3) is 0.909. The molecule has 0 unspecified atom stereocenters. The van der Waals surface area contributed by atoms with Gasteiger partial charge in [0.25, 0.3) is 0 Å². The van der Waals surface area contributed by atoms with E-state index in [1.54, 1.807) is 27.7 Å². The predicted molar refractivity (Wildman–Crippen MR) is 65.6 cm³/mol. The van der Waals surface area contributed by atoms with Gasteiger partial charge < -0.3 is 0 Å². The molecule has 0 spiro atoms. The van der Waals surface area contributed by atoms with E-state index in [1.165, 1.54) is 4.67 Å². The number of hydrogen-bond donors (Lipinski definition) is 0. The van der Waals surface area contributed by atoms with Crippen LogP contribution in [0, 0.1) is 0 Å². The third-order valence-corrected chi connectivity index (χ3v) is 4.92. The molecule has 0 bridgehead atoms. The second-order valence-electron chi connectivity index (χ2n) is 4.90. The van der Waals surface area contributed by atoms with Gasteiger partial charge in [0.05, 0.1) is 12.2 Å². The zero-order chi connectivity index (χ0) is 13.2. The molecule has 6 heteroatoms. The van der Waals surface area contributed by atoms with Gasteiger partial charge >= 0.3 is 7.75 Å². The second kappa shape index (κ2) is 5.51. The first-order chi connectivity index (χ1) is 7.76. The lowest BCUT2D eigenvalue weighted by molar-refractivity contribution is -0.125. The number of nitrogens with zero attached hydrogens (tertiary/aromatic N) is 1. The molecule has 0 radical (unpaired) electrons. The maximum absolute atomic E-state index is 12.7. The van der Waals surface area contributed by atoms with Crippen LogP contribution in [-0.4, -0.2) is 28.8 Å². The monoisotopic (exact) mass is 263 g/mol. The average Bonchev–Trinajstić information content (AvgIpc) is 2.42. The summed E-state index contributed by atoms with van der Waals surface area (Å²) < 4.78 is 24.8. The lowest BCUT2D eigenvalue weighted by atomic mass is 10.3. The van der Waals surface area contributed by atoms with Crippen molar-refractivity contribution in [1.29, 1.82) is 0 Å². The number of carbonyl (C=O) groups excluding carboxylic acids is 1. The highest BCUT2D eigenvalue weighted by atomic mass is 31.2. The van der Waals surface area contributed by atoms with E-state index in [9.17, 15) is 9.36 Å². The molecule has 1 atom stereocenters. The molecular weight excluding hydrogens is 241 g/mol. The minimum absolute atomic E-state index is 0.0918. The normalized spacial score (nSPS) is 21.9. The first-order valence-corrected chi connectivity index (χ1v) is 7.55. The van der Waals surface area contributed by atoms with Crippen molar-refractivity contribution >= 4 is 13.7 Å². The summed E-state index contributed by atoms with van der Waals surface area (Å²) in [5.74, 6) is -0.151. The lowest BCUT2D eigenvalue weighted by Crippen LogP contribution is -2.31. The van der Waals surface area contributed by atoms with Crippen LogP contribution < -0.4 is 0 Å². The van der Waals surface area contributed by atoms with E-state index in [2.05, 4.69) is 0 Å². The Balaban J connectivity index is 2.96. The molecule has 0 N–H and O–H groups in total. The van der Waals surface area contributed by atoms with Crippen molar-refractivity contribution in [1.82, 2.24) is 4.67 Å². The molecule has 1 aliphatic heterocycles. The van der Waals surface area contributed by atoms with E-state index in [0.717, 1.165) is 0 Å². The third kappa shape index (κ3) is 3.54. The SMILES string of the molecule is CC(C)OP(=O)(OC(C)C)N1C(=O)CC[C@@H]1C. The van der Waals surface area contributed by atoms with Crippen molar-refractivity contribution in [3.05, 3.63) is 0 Å². The van der Waals surface area contributed by atoms with Gasteiger partial charge in [-0.1, -0.05) is 0 Å². The van der Waals surface area contributed by atoms with Crippen molar-refractivity contribution in [2.75, 3.05) is 0 Å². The maximum atomic E-state index is 12.7. The van der Waals surface area contributed by atoms with Gasteiger partial charge in [-0.15, -0.1) is 0 Å². The number of carbonyl (C=O) groups is 1. The summed E-state index contributed by atoms with van der Waals surface area (Å²) in [6.45, 7) is 8.98. The van der Waals surface area contributed by atoms with E-state index >= 15 is 0 Å². The highest BCUT2D eigenvalue weighted by Crippen LogP contribution is 2.57. The molecule has 17 heavy (non-hydrogen) atoms. The summed E-state index contributed by atoms with van der Waals surface area (Å²) in [5, 5.41) is 0. The van der Waals surface area contributed by atoms with Crippen LogP contribution in [-0.2, 0) is 18.4 Å². The Kier molecular flexibility index (Phi) is 4.76. The summed E-state index contributed by atoms with van der Waals surface area (Å²) in [7, 11) is -3.51. The zero-order valence-electron chi connectivity index (χ0n) is 11.2. The van der Waals surface area contributed by atoms with Crippen molar-refractivity contribution < 1.29 is 18.4 Å². The minimum Gasteiger partial charge on any atom is -0.289 e. The largest absolute Gasteiger partial charge is 0.438 e. The van der Waals surface area contributed by atoms with Gasteiger partial charge in [0.15, 0.2) is 0 Å². The topological polar surface area (TPSA) is 55.8 Å². The summed E-state index contributed by atoms with van der Waals surface area (Å²) in [6, 6.07) is -0.0918. The van der Waals surface area contributed by atoms with E-state index in [4.69, 9.17) is 9.05 Å². The van der Waals surface area contributed by atoms with Crippen molar-refractivity contribution in [2.45, 2.75) is 65.7 Å². The first-order valence-electron chi connectivity index (χ1n) is 6.05. The quantitative estimate of drug-likeness (QED) is 0.715. The Morgan fingerprint density at radius 2 is 1.71 bits per heavy atom. The van der Waals surface area contributed by atoms with Gasteiger partial charge in [-0.2, -0.15) is 0 Å². The van der Waals surface area contributed by atoms with Crippen LogP contribution >= 0.6 is 7.75 Å². The van der Waals surface area contributed by atoms with Gasteiger partial charge in [-0.05, 0) is 41.0 Å². The Hall–Kier alpha value is -0.380. The zero-order valence-corrected chi connectivity index (χ0v) is 12.1. The molecule has 100 valence electrons. The standard InChI is InChI=1S/C11H22NO4P/c1-8(2)15-17(14,16-9(3)4)12-10(5)6-7-11(12)13/h8-10H,6-7H2,1-5H3/t10-/m0/s1. The van der Waals surface area contributed by atoms with E-state index < -0.39 is 7.75 Å². The molecule has 0 aromatic rings. The van der Waals surface area contributed by atoms with Gasteiger partial charge in [0.1, 0.15) is 0 Å². The molecule has 0 aromatic heterocycles. The lowest BCUT2D eigenvalue weighted by Gasteiger charge is -2.32. The van der Waals surface area contributed by atoms with Gasteiger partial charge in [-0.25, -0.2) is 9.24 Å². The van der Waals surface area contributed by atoms with E-state index in [-0.39, 0.29) is 24.2 Å². The Morgan fingerprint density at radius 1 is 1.24 bits per heavy atom. The summed E-state index contributed by atoms with van der Waals surface area (Å²) in [4.78, 5) is 11.8. The Labute approximate surface area is 103 Å². The van der Waals surface area contributed by atoms with E-state index in [1.807, 2.05) is 6.92 Å². The fourth-order valence-corrected chi connectivity index (χ4v) is 4.14. The summed E-state index contributed by atoms with van der Waals surface area (Å²) in [5.41, 5.74) is 0. The third-order valence-electron chi connectivity index (χ3n) is 2.40. The van der Waals surface area contributed by atoms with Crippen molar-refractivity contribution in [2.24, 2.45) is 0 Å². The molecule has 0 aliphatic carbocycles. The highest BCUT2D eigenvalue weighted by Gasteiger charge is 2.45. The van der Waals surface area contributed by atoms with Crippen LogP contribution in [0.4, 0.5) is 0 Å². The van der Waals surface area contributed by atoms with Crippen LogP contribution in [0.15, 0.2) is 0 Å². The highest BCUT2D eigenvalue weighted by molar-refractivity contribution is 7.52. The van der Waals surface area contributed by atoms with Gasteiger partial charge in [0, 0.05) is 12.5 Å².